The molecule has 10 nitrogen and oxygen atoms in total. The molecule has 5 N–H and O–H groups in total. The van der Waals surface area contributed by atoms with Crippen LogP contribution in [0.25, 0.3) is 11.0 Å². The van der Waals surface area contributed by atoms with Gasteiger partial charge in [-0.25, -0.2) is 4.98 Å². The van der Waals surface area contributed by atoms with Gasteiger partial charge in [-0.15, -0.1) is 0 Å². The number of hydrogen-bond acceptors (Lipinski definition) is 6. The second-order valence-corrected chi connectivity index (χ2v) is 8.15. The molecular weight excluding hydrogens is 422 g/mol. The minimum absolute atomic E-state index is 0.299. The van der Waals surface area contributed by atoms with E-state index in [-0.39, 0.29) is 5.91 Å². The third-order valence-corrected chi connectivity index (χ3v) is 5.51. The Hall–Kier alpha value is -3.66. The molecule has 0 radical (unpaired) electrons. The predicted molar refractivity (Wildman–Crippen MR) is 125 cm³/mol. The highest BCUT2D eigenvalue weighted by Crippen LogP contribution is 2.34. The van der Waals surface area contributed by atoms with Crippen molar-refractivity contribution in [2.75, 3.05) is 18.5 Å². The maximum absolute atomic E-state index is 13.1. The van der Waals surface area contributed by atoms with Gasteiger partial charge in [0.15, 0.2) is 0 Å². The summed E-state index contributed by atoms with van der Waals surface area (Å²) in [7, 11) is 0. The first-order valence-corrected chi connectivity index (χ1v) is 11.1. The van der Waals surface area contributed by atoms with Crippen LogP contribution in [0.5, 0.6) is 5.75 Å². The Labute approximate surface area is 191 Å². The summed E-state index contributed by atoms with van der Waals surface area (Å²) >= 11 is 0. The lowest BCUT2D eigenvalue weighted by molar-refractivity contribution is 0.0995. The second-order valence-electron chi connectivity index (χ2n) is 8.15. The number of carbonyl (C=O) groups is 2. The molecule has 0 spiro atoms. The quantitative estimate of drug-likeness (QED) is 0.403. The molecule has 2 heterocycles. The molecule has 0 saturated heterocycles. The predicted octanol–water partition coefficient (Wildman–Crippen LogP) is 2.22. The molecule has 2 amide bonds. The summed E-state index contributed by atoms with van der Waals surface area (Å²) in [5.74, 6) is 0.460. The van der Waals surface area contributed by atoms with Crippen molar-refractivity contribution in [1.82, 2.24) is 19.3 Å². The first-order chi connectivity index (χ1) is 15.9. The highest BCUT2D eigenvalue weighted by molar-refractivity contribution is 6.04. The SMILES string of the molecule is CCn1nc(C)cc1C(=O)Nc1nc2cc(C(N)=O)cc(OCC3CC3)c2n1C/C=C/CN. The van der Waals surface area contributed by atoms with Crippen molar-refractivity contribution >= 4 is 28.8 Å². The summed E-state index contributed by atoms with van der Waals surface area (Å²) in [5, 5.41) is 7.24. The standard InChI is InChI=1S/C23H29N7O3/c1-3-30-18(10-14(2)28-30)22(32)27-23-26-17-11-16(21(25)31)12-19(33-13-15-6-7-15)20(17)29(23)9-5-4-8-24/h4-5,10-12,15H,3,6-9,13,24H2,1-2H3,(H2,25,31)(H,26,27,32)/b5-4+. The Bertz CT molecular complexity index is 1220. The van der Waals surface area contributed by atoms with E-state index in [2.05, 4.69) is 15.4 Å². The Morgan fingerprint density at radius 2 is 2.06 bits per heavy atom. The van der Waals surface area contributed by atoms with E-state index in [0.717, 1.165) is 18.5 Å². The number of rotatable bonds is 10. The first-order valence-electron chi connectivity index (χ1n) is 11.1. The number of primary amides is 1. The van der Waals surface area contributed by atoms with Crippen molar-refractivity contribution in [3.05, 3.63) is 47.3 Å². The molecule has 0 unspecified atom stereocenters. The molecule has 1 aliphatic carbocycles. The summed E-state index contributed by atoms with van der Waals surface area (Å²) in [6.07, 6.45) is 5.98. The van der Waals surface area contributed by atoms with Crippen LogP contribution in [-0.4, -0.2) is 44.3 Å². The van der Waals surface area contributed by atoms with Gasteiger partial charge in [0, 0.05) is 25.2 Å². The third-order valence-electron chi connectivity index (χ3n) is 5.51. The lowest BCUT2D eigenvalue weighted by Gasteiger charge is -2.12. The second kappa shape index (κ2) is 9.45. The van der Waals surface area contributed by atoms with Crippen LogP contribution in [0.4, 0.5) is 5.95 Å². The van der Waals surface area contributed by atoms with Crippen molar-refractivity contribution in [3.63, 3.8) is 0 Å². The Morgan fingerprint density at radius 1 is 1.27 bits per heavy atom. The summed E-state index contributed by atoms with van der Waals surface area (Å²) < 4.78 is 9.56. The highest BCUT2D eigenvalue weighted by atomic mass is 16.5. The molecule has 0 bridgehead atoms. The van der Waals surface area contributed by atoms with Crippen molar-refractivity contribution in [2.24, 2.45) is 17.4 Å². The number of anilines is 1. The number of allylic oxidation sites excluding steroid dienone is 1. The van der Waals surface area contributed by atoms with Crippen LogP contribution in [-0.2, 0) is 13.1 Å². The van der Waals surface area contributed by atoms with E-state index in [1.807, 2.05) is 30.6 Å². The topological polar surface area (TPSA) is 143 Å². The lowest BCUT2D eigenvalue weighted by atomic mass is 10.1. The Kier molecular flexibility index (Phi) is 6.45. The van der Waals surface area contributed by atoms with E-state index >= 15 is 0 Å². The molecule has 10 heteroatoms. The van der Waals surface area contributed by atoms with Crippen LogP contribution in [0, 0.1) is 12.8 Å². The fourth-order valence-electron chi connectivity index (χ4n) is 3.66. The van der Waals surface area contributed by atoms with Gasteiger partial charge < -0.3 is 20.8 Å². The number of aryl methyl sites for hydroxylation is 2. The van der Waals surface area contributed by atoms with Crippen LogP contribution >= 0.6 is 0 Å². The van der Waals surface area contributed by atoms with Gasteiger partial charge in [-0.05, 0) is 50.8 Å². The Balaban J connectivity index is 1.78. The number of amides is 2. The number of nitrogens with one attached hydrogen (secondary N) is 1. The zero-order valence-corrected chi connectivity index (χ0v) is 18.9. The zero-order chi connectivity index (χ0) is 23.5. The molecule has 3 aromatic rings. The van der Waals surface area contributed by atoms with Gasteiger partial charge in [0.1, 0.15) is 17.0 Å². The van der Waals surface area contributed by atoms with Crippen molar-refractivity contribution < 1.29 is 14.3 Å². The number of benzene rings is 1. The molecule has 1 saturated carbocycles. The number of nitrogens with zero attached hydrogens (tertiary/aromatic N) is 4. The molecular formula is C23H29N7O3. The van der Waals surface area contributed by atoms with Crippen LogP contribution in [0.1, 0.15) is 46.3 Å². The van der Waals surface area contributed by atoms with Gasteiger partial charge in [0.25, 0.3) is 5.91 Å². The monoisotopic (exact) mass is 451 g/mol. The molecule has 0 aliphatic heterocycles. The number of imidazole rings is 1. The summed E-state index contributed by atoms with van der Waals surface area (Å²) in [6, 6.07) is 4.98. The molecule has 2 aromatic heterocycles. The molecule has 4 rings (SSSR count). The normalized spacial score (nSPS) is 13.7. The first kappa shape index (κ1) is 22.5. The van der Waals surface area contributed by atoms with Gasteiger partial charge in [-0.3, -0.25) is 19.6 Å². The molecule has 174 valence electrons. The van der Waals surface area contributed by atoms with Gasteiger partial charge in [0.05, 0.1) is 17.8 Å². The van der Waals surface area contributed by atoms with Crippen LogP contribution in [0.15, 0.2) is 30.4 Å². The number of nitrogens with two attached hydrogens (primary N) is 2. The molecule has 1 fully saturated rings. The average Bonchev–Trinajstić information content (AvgIpc) is 3.45. The fraction of sp³-hybridized carbons (Fsp3) is 0.391. The maximum Gasteiger partial charge on any atom is 0.276 e. The fourth-order valence-corrected chi connectivity index (χ4v) is 3.66. The van der Waals surface area contributed by atoms with E-state index in [1.165, 1.54) is 0 Å². The number of hydrogen-bond donors (Lipinski definition) is 3. The Morgan fingerprint density at radius 3 is 2.73 bits per heavy atom. The number of carbonyl (C=O) groups excluding carboxylic acids is 2. The van der Waals surface area contributed by atoms with E-state index < -0.39 is 5.91 Å². The summed E-state index contributed by atoms with van der Waals surface area (Å²) in [6.45, 7) is 5.67. The van der Waals surface area contributed by atoms with Crippen molar-refractivity contribution in [3.8, 4) is 5.75 Å². The number of aromatic nitrogens is 4. The lowest BCUT2D eigenvalue weighted by Crippen LogP contribution is -2.20. The van der Waals surface area contributed by atoms with E-state index in [9.17, 15) is 9.59 Å². The van der Waals surface area contributed by atoms with Gasteiger partial charge >= 0.3 is 0 Å². The van der Waals surface area contributed by atoms with E-state index in [4.69, 9.17) is 16.2 Å². The van der Waals surface area contributed by atoms with Gasteiger partial charge in [-0.1, -0.05) is 12.2 Å². The molecule has 1 aliphatic rings. The van der Waals surface area contributed by atoms with Crippen LogP contribution < -0.4 is 21.5 Å². The number of ether oxygens (including phenoxy) is 1. The van der Waals surface area contributed by atoms with Crippen LogP contribution in [0.2, 0.25) is 0 Å². The minimum atomic E-state index is -0.571. The smallest absolute Gasteiger partial charge is 0.276 e. The van der Waals surface area contributed by atoms with Crippen LogP contribution in [0.3, 0.4) is 0 Å². The largest absolute Gasteiger partial charge is 0.491 e. The highest BCUT2D eigenvalue weighted by Gasteiger charge is 2.25. The zero-order valence-electron chi connectivity index (χ0n) is 18.9. The van der Waals surface area contributed by atoms with Gasteiger partial charge in [0.2, 0.25) is 11.9 Å². The van der Waals surface area contributed by atoms with E-state index in [0.29, 0.717) is 66.1 Å². The number of fused-ring (bicyclic) bond motifs is 1. The van der Waals surface area contributed by atoms with E-state index in [1.54, 1.807) is 22.9 Å². The summed E-state index contributed by atoms with van der Waals surface area (Å²) in [4.78, 5) is 29.6. The molecule has 0 atom stereocenters. The van der Waals surface area contributed by atoms with Crippen molar-refractivity contribution in [1.29, 1.82) is 0 Å². The average molecular weight is 452 g/mol. The maximum atomic E-state index is 13.1. The third kappa shape index (κ3) is 4.90. The molecule has 1 aromatic carbocycles. The molecule has 33 heavy (non-hydrogen) atoms. The minimum Gasteiger partial charge on any atom is -0.491 e. The van der Waals surface area contributed by atoms with Gasteiger partial charge in [-0.2, -0.15) is 5.10 Å². The van der Waals surface area contributed by atoms with Crippen molar-refractivity contribution in [2.45, 2.75) is 39.8 Å². The summed E-state index contributed by atoms with van der Waals surface area (Å²) in [5.41, 5.74) is 13.8.